The molecule has 0 atom stereocenters. The number of nitrogens with zero attached hydrogens (tertiary/aromatic N) is 4. The molecule has 1 aliphatic carbocycles. The van der Waals surface area contributed by atoms with E-state index >= 15 is 0 Å². The average Bonchev–Trinajstić information content (AvgIpc) is 3.58. The first-order valence-electron chi connectivity index (χ1n) is 11.3. The Morgan fingerprint density at radius 2 is 1.91 bits per heavy atom. The van der Waals surface area contributed by atoms with E-state index in [0.717, 1.165) is 48.6 Å². The van der Waals surface area contributed by atoms with Gasteiger partial charge < -0.3 is 4.57 Å². The fraction of sp³-hybridized carbons (Fsp3) is 0.320. The van der Waals surface area contributed by atoms with Crippen molar-refractivity contribution in [3.63, 3.8) is 0 Å². The van der Waals surface area contributed by atoms with Gasteiger partial charge in [0.25, 0.3) is 0 Å². The van der Waals surface area contributed by atoms with E-state index in [1.165, 1.54) is 6.07 Å². The number of anilines is 1. The van der Waals surface area contributed by atoms with Gasteiger partial charge in [-0.05, 0) is 43.0 Å². The summed E-state index contributed by atoms with van der Waals surface area (Å²) in [6.07, 6.45) is 9.29. The number of amides is 1. The molecule has 1 fully saturated rings. The quantitative estimate of drug-likeness (QED) is 0.261. The highest BCUT2D eigenvalue weighted by atomic mass is 35.5. The standard InChI is InChI=1S/C25H23ClF2N4OS.ClH/c26-18-6-4-17(5-7-18)25(8-1-2-9-25)23(33)32(12-3-11-31-13-10-29-16-31)24-30-22-20(28)14-19(27)15-21(22)34-24;/h4-7,10,13-16H,1-3,8-9,11-12H2;1H. The first-order valence-corrected chi connectivity index (χ1v) is 12.4. The van der Waals surface area contributed by atoms with Gasteiger partial charge in [-0.25, -0.2) is 18.7 Å². The van der Waals surface area contributed by atoms with Crippen LogP contribution in [0, 0.1) is 11.6 Å². The molecular formula is C25H24Cl2F2N4OS. The van der Waals surface area contributed by atoms with Crippen molar-refractivity contribution in [2.75, 3.05) is 11.4 Å². The zero-order valence-corrected chi connectivity index (χ0v) is 21.2. The zero-order chi connectivity index (χ0) is 23.7. The minimum atomic E-state index is -0.725. The largest absolute Gasteiger partial charge is 0.337 e. The van der Waals surface area contributed by atoms with Crippen LogP contribution in [0.25, 0.3) is 10.2 Å². The number of hydrogen-bond acceptors (Lipinski definition) is 4. The molecule has 5 rings (SSSR count). The lowest BCUT2D eigenvalue weighted by Gasteiger charge is -2.34. The Morgan fingerprint density at radius 1 is 1.17 bits per heavy atom. The maximum absolute atomic E-state index is 14.4. The smallest absolute Gasteiger partial charge is 0.239 e. The van der Waals surface area contributed by atoms with Crippen molar-refractivity contribution in [1.29, 1.82) is 0 Å². The number of rotatable bonds is 7. The Hall–Kier alpha value is -2.55. The third-order valence-corrected chi connectivity index (χ3v) is 7.78. The van der Waals surface area contributed by atoms with Gasteiger partial charge in [0.15, 0.2) is 10.9 Å². The van der Waals surface area contributed by atoms with E-state index in [0.29, 0.717) is 34.4 Å². The fourth-order valence-electron chi connectivity index (χ4n) is 4.81. The topological polar surface area (TPSA) is 51.0 Å². The van der Waals surface area contributed by atoms with Gasteiger partial charge in [0.05, 0.1) is 16.4 Å². The number of aryl methyl sites for hydroxylation is 1. The Morgan fingerprint density at radius 3 is 2.60 bits per heavy atom. The summed E-state index contributed by atoms with van der Waals surface area (Å²) in [6, 6.07) is 9.54. The van der Waals surface area contributed by atoms with Gasteiger partial charge in [-0.1, -0.05) is 47.9 Å². The first-order chi connectivity index (χ1) is 16.5. The second-order valence-corrected chi connectivity index (χ2v) is 10.1. The fourth-order valence-corrected chi connectivity index (χ4v) is 5.96. The summed E-state index contributed by atoms with van der Waals surface area (Å²) < 4.78 is 30.6. The molecule has 0 N–H and O–H groups in total. The monoisotopic (exact) mass is 536 g/mol. The summed E-state index contributed by atoms with van der Waals surface area (Å²) in [5.41, 5.74) is 0.319. The van der Waals surface area contributed by atoms with Gasteiger partial charge in [-0.15, -0.1) is 12.4 Å². The molecule has 0 saturated heterocycles. The summed E-state index contributed by atoms with van der Waals surface area (Å²) >= 11 is 7.25. The van der Waals surface area contributed by atoms with Gasteiger partial charge in [0, 0.05) is 36.6 Å². The molecule has 35 heavy (non-hydrogen) atoms. The van der Waals surface area contributed by atoms with Crippen LogP contribution >= 0.6 is 35.3 Å². The molecule has 0 bridgehead atoms. The molecule has 0 radical (unpaired) electrons. The minimum absolute atomic E-state index is 0. The van der Waals surface area contributed by atoms with E-state index in [1.807, 2.05) is 35.0 Å². The highest BCUT2D eigenvalue weighted by molar-refractivity contribution is 7.22. The molecule has 5 nitrogen and oxygen atoms in total. The van der Waals surface area contributed by atoms with E-state index in [-0.39, 0.29) is 23.8 Å². The van der Waals surface area contributed by atoms with Crippen LogP contribution in [0.5, 0.6) is 0 Å². The van der Waals surface area contributed by atoms with Crippen molar-refractivity contribution in [3.05, 3.63) is 77.3 Å². The molecular weight excluding hydrogens is 513 g/mol. The molecule has 1 amide bonds. The number of carbonyl (C=O) groups is 1. The van der Waals surface area contributed by atoms with E-state index in [2.05, 4.69) is 9.97 Å². The number of benzene rings is 2. The van der Waals surface area contributed by atoms with Gasteiger partial charge in [0.1, 0.15) is 11.3 Å². The molecule has 0 unspecified atom stereocenters. The third kappa shape index (κ3) is 5.06. The summed E-state index contributed by atoms with van der Waals surface area (Å²) in [6.45, 7) is 1.07. The number of imidazole rings is 1. The zero-order valence-electron chi connectivity index (χ0n) is 18.8. The van der Waals surface area contributed by atoms with Crippen LogP contribution in [-0.4, -0.2) is 27.0 Å². The lowest BCUT2D eigenvalue weighted by Crippen LogP contribution is -2.46. The molecule has 1 saturated carbocycles. The number of hydrogen-bond donors (Lipinski definition) is 0. The van der Waals surface area contributed by atoms with E-state index in [4.69, 9.17) is 11.6 Å². The van der Waals surface area contributed by atoms with Gasteiger partial charge in [-0.2, -0.15) is 0 Å². The highest BCUT2D eigenvalue weighted by Crippen LogP contribution is 2.44. The van der Waals surface area contributed by atoms with E-state index < -0.39 is 17.0 Å². The Kier molecular flexibility index (Phi) is 7.73. The Bertz CT molecular complexity index is 1310. The van der Waals surface area contributed by atoms with Crippen LogP contribution in [0.15, 0.2) is 55.1 Å². The highest BCUT2D eigenvalue weighted by Gasteiger charge is 2.45. The predicted molar refractivity (Wildman–Crippen MR) is 138 cm³/mol. The van der Waals surface area contributed by atoms with Crippen LogP contribution < -0.4 is 4.90 Å². The summed E-state index contributed by atoms with van der Waals surface area (Å²) in [7, 11) is 0. The van der Waals surface area contributed by atoms with Gasteiger partial charge in [0.2, 0.25) is 5.91 Å². The summed E-state index contributed by atoms with van der Waals surface area (Å²) in [5, 5.41) is 1.00. The molecule has 2 aromatic carbocycles. The molecule has 184 valence electrons. The van der Waals surface area contributed by atoms with Crippen molar-refractivity contribution in [3.8, 4) is 0 Å². The van der Waals surface area contributed by atoms with Crippen molar-refractivity contribution < 1.29 is 13.6 Å². The van der Waals surface area contributed by atoms with Crippen molar-refractivity contribution in [2.24, 2.45) is 0 Å². The van der Waals surface area contributed by atoms with Gasteiger partial charge >= 0.3 is 0 Å². The van der Waals surface area contributed by atoms with Crippen LogP contribution in [-0.2, 0) is 16.8 Å². The first kappa shape index (κ1) is 25.5. The molecule has 1 aliphatic rings. The number of halogens is 4. The average molecular weight is 537 g/mol. The second-order valence-electron chi connectivity index (χ2n) is 8.64. The molecule has 4 aromatic rings. The lowest BCUT2D eigenvalue weighted by atomic mass is 9.77. The van der Waals surface area contributed by atoms with E-state index in [9.17, 15) is 13.6 Å². The molecule has 10 heteroatoms. The second kappa shape index (κ2) is 10.6. The van der Waals surface area contributed by atoms with Crippen molar-refractivity contribution in [2.45, 2.75) is 44.1 Å². The maximum atomic E-state index is 14.4. The molecule has 2 aromatic heterocycles. The Balaban J connectivity index is 0.00000289. The van der Waals surface area contributed by atoms with Crippen LogP contribution in [0.2, 0.25) is 5.02 Å². The van der Waals surface area contributed by atoms with Crippen LogP contribution in [0.3, 0.4) is 0 Å². The molecule has 0 aliphatic heterocycles. The number of thiazole rings is 1. The van der Waals surface area contributed by atoms with E-state index in [1.54, 1.807) is 17.4 Å². The normalized spacial score (nSPS) is 14.7. The number of aromatic nitrogens is 3. The number of carbonyl (C=O) groups excluding carboxylic acids is 1. The lowest BCUT2D eigenvalue weighted by molar-refractivity contribution is -0.124. The van der Waals surface area contributed by atoms with Crippen molar-refractivity contribution >= 4 is 56.6 Å². The summed E-state index contributed by atoms with van der Waals surface area (Å²) in [4.78, 5) is 24.4. The Labute approximate surface area is 217 Å². The van der Waals surface area contributed by atoms with Gasteiger partial charge in [-0.3, -0.25) is 9.69 Å². The molecule has 0 spiro atoms. The number of fused-ring (bicyclic) bond motifs is 1. The minimum Gasteiger partial charge on any atom is -0.337 e. The predicted octanol–water partition coefficient (Wildman–Crippen LogP) is 6.78. The molecule has 2 heterocycles. The van der Waals surface area contributed by atoms with Crippen LogP contribution in [0.1, 0.15) is 37.7 Å². The SMILES string of the molecule is Cl.O=C(N(CCCn1ccnc1)c1nc2c(F)cc(F)cc2s1)C1(c2ccc(Cl)cc2)CCCC1. The third-order valence-electron chi connectivity index (χ3n) is 6.50. The van der Waals surface area contributed by atoms with Crippen molar-refractivity contribution in [1.82, 2.24) is 14.5 Å². The van der Waals surface area contributed by atoms with Crippen LogP contribution in [0.4, 0.5) is 13.9 Å². The summed E-state index contributed by atoms with van der Waals surface area (Å²) in [5.74, 6) is -1.44. The maximum Gasteiger partial charge on any atom is 0.239 e.